The quantitative estimate of drug-likeness (QED) is 0.322. The first-order valence-corrected chi connectivity index (χ1v) is 9.10. The van der Waals surface area contributed by atoms with Crippen molar-refractivity contribution in [3.63, 3.8) is 0 Å². The first kappa shape index (κ1) is 19.0. The molecule has 0 amide bonds. The Morgan fingerprint density at radius 3 is 2.68 bits per heavy atom. The Kier molecular flexibility index (Phi) is 6.58. The van der Waals surface area contributed by atoms with Gasteiger partial charge in [0.25, 0.3) is 0 Å². The van der Waals surface area contributed by atoms with Gasteiger partial charge >= 0.3 is 5.16 Å². The fourth-order valence-electron chi connectivity index (χ4n) is 2.03. The van der Waals surface area contributed by atoms with Crippen molar-refractivity contribution in [3.8, 4) is 29.4 Å². The largest absolute Gasteiger partial charge is 0.609 e. The third-order valence-electron chi connectivity index (χ3n) is 3.23. The topological polar surface area (TPSA) is 83.4 Å². The Bertz CT molecular complexity index is 775. The second-order valence-corrected chi connectivity index (χ2v) is 6.50. The molecule has 25 heavy (non-hydrogen) atoms. The van der Waals surface area contributed by atoms with E-state index in [9.17, 15) is 4.55 Å². The first-order chi connectivity index (χ1) is 12.0. The number of terminal acetylenes is 1. The highest BCUT2D eigenvalue weighted by Gasteiger charge is 2.20. The molecule has 0 N–H and O–H groups in total. The maximum atomic E-state index is 11.7. The van der Waals surface area contributed by atoms with Gasteiger partial charge in [-0.15, -0.1) is 11.5 Å². The smallest absolute Gasteiger partial charge is 0.363 e. The van der Waals surface area contributed by atoms with E-state index in [0.717, 1.165) is 0 Å². The standard InChI is InChI=1S/C17H20N4O3S/c1-6-12-8-9-13(14(10-12)24-11-23-7-2)15-16(21(3)4)18-17(20-19-15)25(5)22/h1,8-10H,7,11H2,2-5H3. The van der Waals surface area contributed by atoms with Crippen LogP contribution in [0.4, 0.5) is 5.82 Å². The molecule has 0 aliphatic rings. The van der Waals surface area contributed by atoms with Gasteiger partial charge in [-0.2, -0.15) is 4.98 Å². The maximum Gasteiger partial charge on any atom is 0.363 e. The fourth-order valence-corrected chi connectivity index (χ4v) is 2.40. The summed E-state index contributed by atoms with van der Waals surface area (Å²) in [7, 11) is 3.65. The van der Waals surface area contributed by atoms with Gasteiger partial charge in [-0.1, -0.05) is 11.0 Å². The molecule has 1 aromatic carbocycles. The van der Waals surface area contributed by atoms with Gasteiger partial charge in [-0.25, -0.2) is 0 Å². The summed E-state index contributed by atoms with van der Waals surface area (Å²) in [5, 5.41) is 8.35. The number of nitrogens with zero attached hydrogens (tertiary/aromatic N) is 4. The van der Waals surface area contributed by atoms with Gasteiger partial charge in [0.15, 0.2) is 12.6 Å². The monoisotopic (exact) mass is 360 g/mol. The normalized spacial score (nSPS) is 11.7. The number of ether oxygens (including phenoxy) is 2. The molecule has 2 aromatic rings. The van der Waals surface area contributed by atoms with Crippen molar-refractivity contribution in [2.45, 2.75) is 12.1 Å². The van der Waals surface area contributed by atoms with Crippen molar-refractivity contribution in [2.24, 2.45) is 0 Å². The van der Waals surface area contributed by atoms with Crippen molar-refractivity contribution in [3.05, 3.63) is 23.8 Å². The second-order valence-electron chi connectivity index (χ2n) is 5.23. The van der Waals surface area contributed by atoms with E-state index in [1.54, 1.807) is 23.1 Å². The average Bonchev–Trinajstić information content (AvgIpc) is 2.61. The van der Waals surface area contributed by atoms with Crippen LogP contribution in [0.1, 0.15) is 12.5 Å². The summed E-state index contributed by atoms with van der Waals surface area (Å²) >= 11 is -1.33. The molecule has 0 aliphatic carbocycles. The number of hydrogen-bond donors (Lipinski definition) is 0. The predicted molar refractivity (Wildman–Crippen MR) is 97.0 cm³/mol. The highest BCUT2D eigenvalue weighted by molar-refractivity contribution is 7.90. The summed E-state index contributed by atoms with van der Waals surface area (Å²) in [5.74, 6) is 3.63. The minimum Gasteiger partial charge on any atom is -0.609 e. The van der Waals surface area contributed by atoms with Crippen LogP contribution in [0.15, 0.2) is 23.4 Å². The van der Waals surface area contributed by atoms with Gasteiger partial charge in [0.2, 0.25) is 0 Å². The van der Waals surface area contributed by atoms with Gasteiger partial charge in [-0.3, -0.25) is 0 Å². The minimum absolute atomic E-state index is 0.0900. The van der Waals surface area contributed by atoms with Crippen LogP contribution in [-0.2, 0) is 15.9 Å². The van der Waals surface area contributed by atoms with E-state index in [4.69, 9.17) is 15.9 Å². The van der Waals surface area contributed by atoms with E-state index in [0.29, 0.717) is 35.0 Å². The summed E-state index contributed by atoms with van der Waals surface area (Å²) in [5.41, 5.74) is 1.86. The number of aromatic nitrogens is 3. The van der Waals surface area contributed by atoms with Crippen molar-refractivity contribution in [1.82, 2.24) is 15.2 Å². The third-order valence-corrected chi connectivity index (χ3v) is 3.92. The minimum atomic E-state index is -1.33. The Morgan fingerprint density at radius 2 is 2.08 bits per heavy atom. The molecular formula is C17H20N4O3S. The van der Waals surface area contributed by atoms with Gasteiger partial charge < -0.3 is 18.9 Å². The zero-order chi connectivity index (χ0) is 18.4. The number of anilines is 1. The summed E-state index contributed by atoms with van der Waals surface area (Å²) in [4.78, 5) is 6.13. The van der Waals surface area contributed by atoms with Crippen LogP contribution >= 0.6 is 0 Å². The Hall–Kier alpha value is -2.34. The van der Waals surface area contributed by atoms with Crippen molar-refractivity contribution in [2.75, 3.05) is 38.7 Å². The van der Waals surface area contributed by atoms with Crippen molar-refractivity contribution < 1.29 is 14.0 Å². The molecule has 1 aromatic heterocycles. The average molecular weight is 360 g/mol. The molecule has 0 aliphatic heterocycles. The Labute approximate surface area is 150 Å². The summed E-state index contributed by atoms with van der Waals surface area (Å²) in [6.07, 6.45) is 6.98. The van der Waals surface area contributed by atoms with E-state index >= 15 is 0 Å². The lowest BCUT2D eigenvalue weighted by Gasteiger charge is -2.17. The van der Waals surface area contributed by atoms with Crippen molar-refractivity contribution in [1.29, 1.82) is 0 Å². The van der Waals surface area contributed by atoms with Crippen LogP contribution in [0.2, 0.25) is 0 Å². The zero-order valence-electron chi connectivity index (χ0n) is 14.6. The second kappa shape index (κ2) is 8.67. The summed E-state index contributed by atoms with van der Waals surface area (Å²) in [6, 6.07) is 5.33. The predicted octanol–water partition coefficient (Wildman–Crippen LogP) is 1.70. The summed E-state index contributed by atoms with van der Waals surface area (Å²) in [6.45, 7) is 2.50. The molecule has 0 spiro atoms. The molecule has 0 radical (unpaired) electrons. The van der Waals surface area contributed by atoms with Crippen LogP contribution in [0.3, 0.4) is 0 Å². The van der Waals surface area contributed by atoms with Gasteiger partial charge in [0, 0.05) is 43.0 Å². The Morgan fingerprint density at radius 1 is 1.32 bits per heavy atom. The van der Waals surface area contributed by atoms with E-state index in [-0.39, 0.29) is 11.9 Å². The molecule has 132 valence electrons. The first-order valence-electron chi connectivity index (χ1n) is 7.55. The van der Waals surface area contributed by atoms with E-state index < -0.39 is 11.2 Å². The van der Waals surface area contributed by atoms with Crippen LogP contribution in [0, 0.1) is 12.3 Å². The molecular weight excluding hydrogens is 340 g/mol. The molecule has 0 bridgehead atoms. The lowest BCUT2D eigenvalue weighted by Crippen LogP contribution is -2.17. The highest BCUT2D eigenvalue weighted by atomic mass is 32.2. The molecule has 1 atom stereocenters. The number of rotatable bonds is 7. The van der Waals surface area contributed by atoms with E-state index in [1.165, 1.54) is 6.26 Å². The molecule has 0 fully saturated rings. The van der Waals surface area contributed by atoms with Crippen LogP contribution in [0.25, 0.3) is 11.3 Å². The molecule has 0 saturated heterocycles. The van der Waals surface area contributed by atoms with Crippen LogP contribution in [-0.4, -0.2) is 53.5 Å². The van der Waals surface area contributed by atoms with Gasteiger partial charge in [0.05, 0.1) is 0 Å². The molecule has 0 saturated carbocycles. The van der Waals surface area contributed by atoms with E-state index in [1.807, 2.05) is 21.0 Å². The SMILES string of the molecule is C#Cc1ccc(-c2nnc([S+](C)[O-])nc2N(C)C)c(OCOCC)c1. The van der Waals surface area contributed by atoms with Crippen LogP contribution < -0.4 is 9.64 Å². The lowest BCUT2D eigenvalue weighted by molar-refractivity contribution is 0.0227. The molecule has 1 heterocycles. The van der Waals surface area contributed by atoms with Crippen LogP contribution in [0.5, 0.6) is 5.75 Å². The highest BCUT2D eigenvalue weighted by Crippen LogP contribution is 2.34. The van der Waals surface area contributed by atoms with E-state index in [2.05, 4.69) is 21.1 Å². The molecule has 2 rings (SSSR count). The molecule has 7 nitrogen and oxygen atoms in total. The number of benzene rings is 1. The van der Waals surface area contributed by atoms with Gasteiger partial charge in [-0.05, 0) is 25.1 Å². The third kappa shape index (κ3) is 4.60. The zero-order valence-corrected chi connectivity index (χ0v) is 15.5. The molecule has 8 heteroatoms. The van der Waals surface area contributed by atoms with Gasteiger partial charge in [0.1, 0.15) is 17.7 Å². The fraction of sp³-hybridized carbons (Fsp3) is 0.353. The number of hydrogen-bond acceptors (Lipinski definition) is 7. The lowest BCUT2D eigenvalue weighted by atomic mass is 10.1. The van der Waals surface area contributed by atoms with Crippen molar-refractivity contribution >= 4 is 17.0 Å². The summed E-state index contributed by atoms with van der Waals surface area (Å²) < 4.78 is 22.6. The molecule has 1 unspecified atom stereocenters. The maximum absolute atomic E-state index is 11.7. The Balaban J connectivity index is 2.54.